The SMILES string of the molecule is CC(=O)c1cccc(N2C(=O)[C@H]3[C@H](C2=O)[C@H](c2ccccc2)C=C[C@H]3c2ccccc2)c1. The molecule has 2 aliphatic rings. The van der Waals surface area contributed by atoms with E-state index in [0.29, 0.717) is 11.3 Å². The third-order valence-electron chi connectivity index (χ3n) is 6.58. The Morgan fingerprint density at radius 2 is 1.19 bits per heavy atom. The van der Waals surface area contributed by atoms with E-state index in [1.54, 1.807) is 24.3 Å². The monoisotopic (exact) mass is 421 g/mol. The average molecular weight is 421 g/mol. The van der Waals surface area contributed by atoms with E-state index in [0.717, 1.165) is 11.1 Å². The standard InChI is InChI=1S/C28H23NO3/c1-18(30)21-13-8-14-22(17-21)29-27(31)25-23(19-9-4-2-5-10-19)15-16-24(26(25)28(29)32)20-11-6-3-7-12-20/h2-17,23-26H,1H3/t23-,24-,25+,26+/m0/s1. The molecule has 1 saturated heterocycles. The largest absolute Gasteiger partial charge is 0.295 e. The number of rotatable bonds is 4. The summed E-state index contributed by atoms with van der Waals surface area (Å²) in [6.45, 7) is 1.48. The lowest BCUT2D eigenvalue weighted by Crippen LogP contribution is -2.31. The number of fused-ring (bicyclic) bond motifs is 1. The molecule has 3 aromatic carbocycles. The van der Waals surface area contributed by atoms with Crippen LogP contribution < -0.4 is 4.90 Å². The highest BCUT2D eigenvalue weighted by Gasteiger charge is 2.55. The molecule has 0 saturated carbocycles. The second-order valence-electron chi connectivity index (χ2n) is 8.43. The van der Waals surface area contributed by atoms with Gasteiger partial charge in [-0.05, 0) is 30.2 Å². The van der Waals surface area contributed by atoms with Crippen molar-refractivity contribution in [1.29, 1.82) is 0 Å². The van der Waals surface area contributed by atoms with Crippen LogP contribution in [0.25, 0.3) is 0 Å². The molecular formula is C28H23NO3. The summed E-state index contributed by atoms with van der Waals surface area (Å²) in [5.74, 6) is -1.88. The second-order valence-corrected chi connectivity index (χ2v) is 8.43. The summed E-state index contributed by atoms with van der Waals surface area (Å²) in [6.07, 6.45) is 4.16. The van der Waals surface area contributed by atoms with Crippen LogP contribution in [0.3, 0.4) is 0 Å². The number of hydrogen-bond acceptors (Lipinski definition) is 3. The van der Waals surface area contributed by atoms with Gasteiger partial charge in [-0.15, -0.1) is 0 Å². The van der Waals surface area contributed by atoms with Gasteiger partial charge in [0.2, 0.25) is 11.8 Å². The van der Waals surface area contributed by atoms with Crippen molar-refractivity contribution in [3.05, 3.63) is 114 Å². The first-order chi connectivity index (χ1) is 15.6. The number of nitrogens with zero attached hydrogens (tertiary/aromatic N) is 1. The van der Waals surface area contributed by atoms with Gasteiger partial charge in [0.05, 0.1) is 17.5 Å². The lowest BCUT2D eigenvalue weighted by Gasteiger charge is -2.32. The second kappa shape index (κ2) is 8.04. The highest BCUT2D eigenvalue weighted by atomic mass is 16.2. The molecule has 4 atom stereocenters. The van der Waals surface area contributed by atoms with E-state index >= 15 is 0 Å². The van der Waals surface area contributed by atoms with Crippen molar-refractivity contribution in [3.8, 4) is 0 Å². The molecule has 5 rings (SSSR count). The Kier molecular flexibility index (Phi) is 5.06. The van der Waals surface area contributed by atoms with Crippen LogP contribution in [-0.2, 0) is 9.59 Å². The zero-order chi connectivity index (χ0) is 22.2. The van der Waals surface area contributed by atoms with Crippen LogP contribution in [0.4, 0.5) is 5.69 Å². The van der Waals surface area contributed by atoms with E-state index in [4.69, 9.17) is 0 Å². The number of allylic oxidation sites excluding steroid dienone is 2. The fourth-order valence-corrected chi connectivity index (χ4v) is 5.05. The zero-order valence-electron chi connectivity index (χ0n) is 17.7. The zero-order valence-corrected chi connectivity index (χ0v) is 17.7. The minimum Gasteiger partial charge on any atom is -0.295 e. The number of Topliss-reactive ketones (excluding diaryl/α,β-unsaturated/α-hetero) is 1. The Labute approximate surface area is 187 Å². The number of anilines is 1. The van der Waals surface area contributed by atoms with Gasteiger partial charge in [-0.25, -0.2) is 4.90 Å². The molecule has 2 amide bonds. The number of ketones is 1. The Hall–Kier alpha value is -3.79. The van der Waals surface area contributed by atoms with Gasteiger partial charge in [-0.1, -0.05) is 84.9 Å². The highest BCUT2D eigenvalue weighted by molar-refractivity contribution is 6.23. The molecule has 1 aliphatic carbocycles. The molecule has 1 fully saturated rings. The lowest BCUT2D eigenvalue weighted by atomic mass is 9.68. The summed E-state index contributed by atoms with van der Waals surface area (Å²) in [6, 6.07) is 26.5. The maximum Gasteiger partial charge on any atom is 0.238 e. The van der Waals surface area contributed by atoms with Crippen LogP contribution >= 0.6 is 0 Å². The maximum atomic E-state index is 13.8. The maximum absolute atomic E-state index is 13.8. The first-order valence-corrected chi connectivity index (χ1v) is 10.8. The van der Waals surface area contributed by atoms with Crippen LogP contribution in [0.2, 0.25) is 0 Å². The summed E-state index contributed by atoms with van der Waals surface area (Å²) >= 11 is 0. The van der Waals surface area contributed by atoms with E-state index in [2.05, 4.69) is 12.2 Å². The fraction of sp³-hybridized carbons (Fsp3) is 0.179. The lowest BCUT2D eigenvalue weighted by molar-refractivity contribution is -0.122. The summed E-state index contributed by atoms with van der Waals surface area (Å²) in [7, 11) is 0. The van der Waals surface area contributed by atoms with Crippen molar-refractivity contribution >= 4 is 23.3 Å². The molecule has 3 aromatic rings. The summed E-state index contributed by atoms with van der Waals surface area (Å²) in [5.41, 5.74) is 2.98. The molecule has 1 aliphatic heterocycles. The van der Waals surface area contributed by atoms with E-state index in [9.17, 15) is 14.4 Å². The van der Waals surface area contributed by atoms with Crippen LogP contribution in [0.15, 0.2) is 97.1 Å². The summed E-state index contributed by atoms with van der Waals surface area (Å²) in [4.78, 5) is 40.8. The Bertz CT molecular complexity index is 1150. The predicted octanol–water partition coefficient (Wildman–Crippen LogP) is 5.13. The fourth-order valence-electron chi connectivity index (χ4n) is 5.05. The van der Waals surface area contributed by atoms with Crippen LogP contribution in [-0.4, -0.2) is 17.6 Å². The summed E-state index contributed by atoms with van der Waals surface area (Å²) in [5, 5.41) is 0. The molecule has 32 heavy (non-hydrogen) atoms. The van der Waals surface area contributed by atoms with Crippen molar-refractivity contribution < 1.29 is 14.4 Å². The molecule has 1 heterocycles. The normalized spacial score (nSPS) is 24.5. The van der Waals surface area contributed by atoms with Crippen molar-refractivity contribution in [2.75, 3.05) is 4.90 Å². The third-order valence-corrected chi connectivity index (χ3v) is 6.58. The number of amides is 2. The van der Waals surface area contributed by atoms with Gasteiger partial charge in [-0.3, -0.25) is 14.4 Å². The van der Waals surface area contributed by atoms with Gasteiger partial charge in [0.25, 0.3) is 0 Å². The van der Waals surface area contributed by atoms with E-state index < -0.39 is 11.8 Å². The topological polar surface area (TPSA) is 54.5 Å². The average Bonchev–Trinajstić information content (AvgIpc) is 3.10. The molecule has 0 bridgehead atoms. The van der Waals surface area contributed by atoms with Gasteiger partial charge < -0.3 is 0 Å². The van der Waals surface area contributed by atoms with E-state index in [1.807, 2.05) is 60.7 Å². The van der Waals surface area contributed by atoms with Gasteiger partial charge >= 0.3 is 0 Å². The van der Waals surface area contributed by atoms with Crippen molar-refractivity contribution in [3.63, 3.8) is 0 Å². The number of benzene rings is 3. The number of imide groups is 1. The van der Waals surface area contributed by atoms with Crippen molar-refractivity contribution in [1.82, 2.24) is 0 Å². The molecule has 0 N–H and O–H groups in total. The minimum absolute atomic E-state index is 0.102. The summed E-state index contributed by atoms with van der Waals surface area (Å²) < 4.78 is 0. The van der Waals surface area contributed by atoms with Gasteiger partial charge in [0.15, 0.2) is 5.78 Å². The molecule has 4 heteroatoms. The van der Waals surface area contributed by atoms with Crippen LogP contribution in [0.1, 0.15) is 40.2 Å². The Morgan fingerprint density at radius 3 is 1.66 bits per heavy atom. The van der Waals surface area contributed by atoms with Gasteiger partial charge in [0, 0.05) is 17.4 Å². The molecule has 0 unspecified atom stereocenters. The van der Waals surface area contributed by atoms with E-state index in [1.165, 1.54) is 11.8 Å². The third kappa shape index (κ3) is 3.28. The smallest absolute Gasteiger partial charge is 0.238 e. The molecule has 0 spiro atoms. The molecule has 0 aromatic heterocycles. The first-order valence-electron chi connectivity index (χ1n) is 10.8. The van der Waals surface area contributed by atoms with Gasteiger partial charge in [-0.2, -0.15) is 0 Å². The molecule has 0 radical (unpaired) electrons. The number of carbonyl (C=O) groups excluding carboxylic acids is 3. The molecule has 158 valence electrons. The van der Waals surface area contributed by atoms with Crippen molar-refractivity contribution in [2.24, 2.45) is 11.8 Å². The Morgan fingerprint density at radius 1 is 0.688 bits per heavy atom. The number of hydrogen-bond donors (Lipinski definition) is 0. The molecule has 4 nitrogen and oxygen atoms in total. The first kappa shape index (κ1) is 20.1. The quantitative estimate of drug-likeness (QED) is 0.333. The van der Waals surface area contributed by atoms with Crippen molar-refractivity contribution in [2.45, 2.75) is 18.8 Å². The van der Waals surface area contributed by atoms with E-state index in [-0.39, 0.29) is 29.4 Å². The molecular weight excluding hydrogens is 398 g/mol. The number of carbonyl (C=O) groups is 3. The van der Waals surface area contributed by atoms with Gasteiger partial charge in [0.1, 0.15) is 0 Å². The highest BCUT2D eigenvalue weighted by Crippen LogP contribution is 2.50. The Balaban J connectivity index is 1.63. The predicted molar refractivity (Wildman–Crippen MR) is 123 cm³/mol. The van der Waals surface area contributed by atoms with Crippen LogP contribution in [0, 0.1) is 11.8 Å². The van der Waals surface area contributed by atoms with Crippen LogP contribution in [0.5, 0.6) is 0 Å². The minimum atomic E-state index is -0.499.